The molecule has 0 unspecified atom stereocenters. The van der Waals surface area contributed by atoms with E-state index in [0.29, 0.717) is 0 Å². The van der Waals surface area contributed by atoms with Gasteiger partial charge in [-0.3, -0.25) is 4.98 Å². The number of nitrogens with zero attached hydrogens (tertiary/aromatic N) is 1. The van der Waals surface area contributed by atoms with Gasteiger partial charge in [-0.2, -0.15) is 0 Å². The monoisotopic (exact) mass is 213 g/mol. The molecule has 1 nitrogen and oxygen atoms in total. The van der Waals surface area contributed by atoms with E-state index in [1.165, 1.54) is 10.1 Å². The van der Waals surface area contributed by atoms with Crippen molar-refractivity contribution in [1.82, 2.24) is 4.98 Å². The van der Waals surface area contributed by atoms with E-state index in [9.17, 15) is 0 Å². The van der Waals surface area contributed by atoms with E-state index in [2.05, 4.69) is 40.7 Å². The fourth-order valence-corrected chi connectivity index (χ4v) is 2.01. The fourth-order valence-electron chi connectivity index (χ4n) is 1.22. The average Bonchev–Trinajstić information content (AvgIpc) is 2.80. The summed E-state index contributed by atoms with van der Waals surface area (Å²) in [4.78, 5) is 3.78. The van der Waals surface area contributed by atoms with Crippen molar-refractivity contribution in [2.75, 3.05) is 0 Å². The molecule has 0 spiro atoms. The standard InChI is InChI=1S/C8H6S.C5H5N/c1-2-4-8-7(3-1)5-6-9-8;1-2-4-6-5-3-1/h1-6H;1-5H. The Hall–Kier alpha value is -1.67. The van der Waals surface area contributed by atoms with Crippen LogP contribution in [0.4, 0.5) is 0 Å². The first-order valence-electron chi connectivity index (χ1n) is 4.74. The maximum Gasteiger partial charge on any atom is 0.0342 e. The minimum absolute atomic E-state index is 1.35. The van der Waals surface area contributed by atoms with Gasteiger partial charge >= 0.3 is 0 Å². The van der Waals surface area contributed by atoms with Crippen LogP contribution in [-0.4, -0.2) is 4.98 Å². The number of thiophene rings is 1. The van der Waals surface area contributed by atoms with Crippen LogP contribution >= 0.6 is 11.3 Å². The van der Waals surface area contributed by atoms with E-state index in [-0.39, 0.29) is 0 Å². The quantitative estimate of drug-likeness (QED) is 0.550. The third-order valence-corrected chi connectivity index (χ3v) is 2.83. The highest BCUT2D eigenvalue weighted by atomic mass is 32.1. The third kappa shape index (κ3) is 2.89. The van der Waals surface area contributed by atoms with Gasteiger partial charge in [-0.15, -0.1) is 11.3 Å². The van der Waals surface area contributed by atoms with Crippen LogP contribution in [0.2, 0.25) is 0 Å². The second-order valence-corrected chi connectivity index (χ2v) is 3.93. The molecule has 15 heavy (non-hydrogen) atoms. The van der Waals surface area contributed by atoms with Crippen molar-refractivity contribution in [3.63, 3.8) is 0 Å². The van der Waals surface area contributed by atoms with Gasteiger partial charge in [-0.25, -0.2) is 0 Å². The van der Waals surface area contributed by atoms with Crippen molar-refractivity contribution in [1.29, 1.82) is 0 Å². The summed E-state index contributed by atoms with van der Waals surface area (Å²) in [5.74, 6) is 0. The Morgan fingerprint density at radius 1 is 0.800 bits per heavy atom. The first kappa shape index (κ1) is 9.87. The van der Waals surface area contributed by atoms with E-state index in [1.54, 1.807) is 23.7 Å². The highest BCUT2D eigenvalue weighted by molar-refractivity contribution is 7.17. The summed E-state index contributed by atoms with van der Waals surface area (Å²) in [6.45, 7) is 0. The van der Waals surface area contributed by atoms with Gasteiger partial charge in [-0.1, -0.05) is 24.3 Å². The lowest BCUT2D eigenvalue weighted by Crippen LogP contribution is -1.58. The third-order valence-electron chi connectivity index (χ3n) is 1.93. The summed E-state index contributed by atoms with van der Waals surface area (Å²) >= 11 is 1.79. The molecule has 0 N–H and O–H groups in total. The molecule has 2 aromatic heterocycles. The van der Waals surface area contributed by atoms with Gasteiger partial charge in [0.2, 0.25) is 0 Å². The van der Waals surface area contributed by atoms with E-state index in [0.717, 1.165) is 0 Å². The van der Waals surface area contributed by atoms with Crippen LogP contribution < -0.4 is 0 Å². The minimum Gasteiger partial charge on any atom is -0.265 e. The lowest BCUT2D eigenvalue weighted by atomic mass is 10.3. The smallest absolute Gasteiger partial charge is 0.0342 e. The maximum absolute atomic E-state index is 3.78. The molecular weight excluding hydrogens is 202 g/mol. The first-order chi connectivity index (χ1) is 7.47. The number of hydrogen-bond acceptors (Lipinski definition) is 2. The molecule has 2 heteroatoms. The molecule has 0 bridgehead atoms. The van der Waals surface area contributed by atoms with E-state index < -0.39 is 0 Å². The summed E-state index contributed by atoms with van der Waals surface area (Å²) in [6.07, 6.45) is 3.50. The number of fused-ring (bicyclic) bond motifs is 1. The van der Waals surface area contributed by atoms with Gasteiger partial charge in [0.1, 0.15) is 0 Å². The van der Waals surface area contributed by atoms with Crippen molar-refractivity contribution < 1.29 is 0 Å². The molecular formula is C13H11NS. The molecule has 0 aliphatic carbocycles. The summed E-state index contributed by atoms with van der Waals surface area (Å²) in [5.41, 5.74) is 0. The van der Waals surface area contributed by atoms with Gasteiger partial charge in [0.15, 0.2) is 0 Å². The zero-order valence-electron chi connectivity index (χ0n) is 8.21. The first-order valence-corrected chi connectivity index (χ1v) is 5.62. The second kappa shape index (κ2) is 5.27. The molecule has 0 atom stereocenters. The van der Waals surface area contributed by atoms with Gasteiger partial charge in [0.25, 0.3) is 0 Å². The average molecular weight is 213 g/mol. The molecule has 0 saturated heterocycles. The lowest BCUT2D eigenvalue weighted by Gasteiger charge is -1.82. The molecule has 0 fully saturated rings. The fraction of sp³-hybridized carbons (Fsp3) is 0. The number of benzene rings is 1. The van der Waals surface area contributed by atoms with Crippen molar-refractivity contribution in [2.24, 2.45) is 0 Å². The lowest BCUT2D eigenvalue weighted by molar-refractivity contribution is 1.33. The Bertz CT molecular complexity index is 445. The van der Waals surface area contributed by atoms with Crippen molar-refractivity contribution >= 4 is 21.4 Å². The second-order valence-electron chi connectivity index (χ2n) is 2.98. The SMILES string of the molecule is c1ccc2sccc2c1.c1ccncc1. The van der Waals surface area contributed by atoms with Crippen LogP contribution in [0.1, 0.15) is 0 Å². The summed E-state index contributed by atoms with van der Waals surface area (Å²) in [6, 6.07) is 16.3. The van der Waals surface area contributed by atoms with Gasteiger partial charge in [0.05, 0.1) is 0 Å². The molecule has 3 aromatic rings. The summed E-state index contributed by atoms with van der Waals surface area (Å²) in [7, 11) is 0. The molecule has 3 rings (SSSR count). The maximum atomic E-state index is 3.78. The van der Waals surface area contributed by atoms with Gasteiger partial charge in [-0.05, 0) is 35.0 Å². The van der Waals surface area contributed by atoms with E-state index in [1.807, 2.05) is 18.2 Å². The number of aromatic nitrogens is 1. The van der Waals surface area contributed by atoms with Gasteiger partial charge in [0, 0.05) is 17.1 Å². The Morgan fingerprint density at radius 2 is 1.60 bits per heavy atom. The van der Waals surface area contributed by atoms with E-state index >= 15 is 0 Å². The van der Waals surface area contributed by atoms with Crippen LogP contribution in [0.3, 0.4) is 0 Å². The highest BCUT2D eigenvalue weighted by Crippen LogP contribution is 2.18. The van der Waals surface area contributed by atoms with Gasteiger partial charge < -0.3 is 0 Å². The molecule has 0 radical (unpaired) electrons. The summed E-state index contributed by atoms with van der Waals surface area (Å²) < 4.78 is 1.37. The molecule has 74 valence electrons. The van der Waals surface area contributed by atoms with E-state index in [4.69, 9.17) is 0 Å². The van der Waals surface area contributed by atoms with Crippen LogP contribution in [0.25, 0.3) is 10.1 Å². The highest BCUT2D eigenvalue weighted by Gasteiger charge is 1.87. The van der Waals surface area contributed by atoms with Crippen molar-refractivity contribution in [2.45, 2.75) is 0 Å². The molecule has 1 aromatic carbocycles. The normalized spacial score (nSPS) is 9.33. The van der Waals surface area contributed by atoms with Crippen LogP contribution in [0.15, 0.2) is 66.3 Å². The molecule has 0 aliphatic rings. The number of rotatable bonds is 0. The predicted molar refractivity (Wildman–Crippen MR) is 66.1 cm³/mol. The number of pyridine rings is 1. The Balaban J connectivity index is 0.000000124. The zero-order valence-corrected chi connectivity index (χ0v) is 9.02. The number of hydrogen-bond donors (Lipinski definition) is 0. The molecule has 0 aliphatic heterocycles. The van der Waals surface area contributed by atoms with Crippen molar-refractivity contribution in [3.05, 3.63) is 66.3 Å². The van der Waals surface area contributed by atoms with Crippen LogP contribution in [0.5, 0.6) is 0 Å². The minimum atomic E-state index is 1.35. The summed E-state index contributed by atoms with van der Waals surface area (Å²) in [5, 5.41) is 3.47. The topological polar surface area (TPSA) is 12.9 Å². The van der Waals surface area contributed by atoms with Crippen molar-refractivity contribution in [3.8, 4) is 0 Å². The predicted octanol–water partition coefficient (Wildman–Crippen LogP) is 3.98. The Morgan fingerprint density at radius 3 is 2.20 bits per heavy atom. The van der Waals surface area contributed by atoms with Crippen LogP contribution in [-0.2, 0) is 0 Å². The molecule has 0 saturated carbocycles. The molecule has 0 amide bonds. The molecule has 2 heterocycles. The Labute approximate surface area is 93.0 Å². The zero-order chi connectivity index (χ0) is 10.3. The van der Waals surface area contributed by atoms with Crippen LogP contribution in [0, 0.1) is 0 Å². The Kier molecular flexibility index (Phi) is 3.47. The largest absolute Gasteiger partial charge is 0.265 e.